The van der Waals surface area contributed by atoms with Crippen LogP contribution in [0.25, 0.3) is 43.6 Å². The number of aromatic nitrogens is 8. The molecule has 36 heteroatoms. The molecule has 0 bridgehead atoms. The van der Waals surface area contributed by atoms with Crippen LogP contribution in [0.4, 0.5) is 40.2 Å². The number of anilines is 7. The summed E-state index contributed by atoms with van der Waals surface area (Å²) < 4.78 is 86.7. The molecule has 0 atom stereocenters. The third kappa shape index (κ3) is 37.2. The number of rotatable bonds is 39. The van der Waals surface area contributed by atoms with Gasteiger partial charge in [-0.1, -0.05) is 67.0 Å². The van der Waals surface area contributed by atoms with Gasteiger partial charge in [0.2, 0.25) is 0 Å². The molecule has 0 aliphatic rings. The van der Waals surface area contributed by atoms with Crippen LogP contribution < -0.4 is 94.4 Å². The number of terminal acetylenes is 4. The average molecular weight is 1820 g/mol. The average Bonchev–Trinajstić information content (AvgIpc) is 0.804. The Morgan fingerprint density at radius 1 is 0.341 bits per heavy atom. The predicted molar refractivity (Wildman–Crippen MR) is 490 cm³/mol. The van der Waals surface area contributed by atoms with Gasteiger partial charge in [0.25, 0.3) is 6.47 Å². The first-order valence-electron chi connectivity index (χ1n) is 37.0. The van der Waals surface area contributed by atoms with Crippen molar-refractivity contribution < 1.29 is 120 Å². The molecular formula is C90H101Cl4N12NaO19. The number of fused-ring (bicyclic) bond motifs is 4. The Morgan fingerprint density at radius 3 is 0.794 bits per heavy atom. The molecule has 0 radical (unpaired) electrons. The number of halogens is 4. The zero-order chi connectivity index (χ0) is 86.6. The number of ether oxygens (including phenoxy) is 16. The molecule has 0 aliphatic heterocycles. The summed E-state index contributed by atoms with van der Waals surface area (Å²) in [5.41, 5.74) is 14.7. The zero-order valence-corrected chi connectivity index (χ0v) is 75.6. The van der Waals surface area contributed by atoms with Crippen LogP contribution in [0.3, 0.4) is 0 Å². The fourth-order valence-corrected chi connectivity index (χ4v) is 10.6. The van der Waals surface area contributed by atoms with Crippen molar-refractivity contribution in [2.45, 2.75) is 7.43 Å². The zero-order valence-electron chi connectivity index (χ0n) is 70.4. The molecule has 0 unspecified atom stereocenters. The Labute approximate surface area is 779 Å². The molecule has 0 aliphatic carbocycles. The number of methoxy groups -OCH3 is 8. The number of hydrogen-bond acceptors (Lipinski definition) is 31. The summed E-state index contributed by atoms with van der Waals surface area (Å²) in [4.78, 5) is 45.7. The second-order valence-corrected chi connectivity index (χ2v) is 24.7. The van der Waals surface area contributed by atoms with E-state index < -0.39 is 0 Å². The molecule has 4 aromatic heterocycles. The maximum atomic E-state index is 8.64. The standard InChI is InChI=1S/3C22H23N3O4.C14H17ClN2O4.C8H7N.CH2O3.CH4.3ClH.Na/c3*1-4-16-6-5-7-17(12-16)25-22-18-13-20(28-10-8-26-2)21(29-11-9-27-3)14-19(18)23-15-24-22;1-18-3-5-20-12-7-10-11(16-9-17-14(10)15)8-13(12)21-6-4-19-2;1-2-7-4-3-5-8(9)6-7;2-1-4-3;;;;;/h3*1,5-7,12-15H,8-11H2,2-3H3,(H,23,24,25);7-9H,3-6H2,1-2H3;1,3-6H,9H2;1,3H;1H4;3*1H;/q;;;;;;;;;;+1/p-1. The van der Waals surface area contributed by atoms with Crippen molar-refractivity contribution >= 4 is 139 Å². The summed E-state index contributed by atoms with van der Waals surface area (Å²) in [6, 6.07) is 44.6. The molecule has 5 N–H and O–H groups in total. The van der Waals surface area contributed by atoms with Gasteiger partial charge in [0, 0.05) is 148 Å². The van der Waals surface area contributed by atoms with E-state index in [1.807, 2.05) is 121 Å². The number of nitrogens with two attached hydrogens (primary N) is 1. The monoisotopic (exact) mass is 1820 g/mol. The van der Waals surface area contributed by atoms with Crippen molar-refractivity contribution in [2.24, 2.45) is 0 Å². The van der Waals surface area contributed by atoms with E-state index in [0.717, 1.165) is 72.0 Å². The Bertz CT molecular complexity index is 5020. The van der Waals surface area contributed by atoms with Gasteiger partial charge in [0.05, 0.1) is 74.9 Å². The van der Waals surface area contributed by atoms with E-state index in [9.17, 15) is 0 Å². The third-order valence-electron chi connectivity index (χ3n) is 16.1. The maximum absolute atomic E-state index is 8.64. The van der Waals surface area contributed by atoms with E-state index in [1.54, 1.807) is 81.1 Å². The quantitative estimate of drug-likeness (QED) is 0.00406. The summed E-state index contributed by atoms with van der Waals surface area (Å²) in [7, 11) is 13.0. The van der Waals surface area contributed by atoms with E-state index in [-0.39, 0.29) is 80.7 Å². The van der Waals surface area contributed by atoms with Crippen molar-refractivity contribution in [1.82, 2.24) is 39.9 Å². The Kier molecular flexibility index (Phi) is 56.1. The molecular weight excluding hydrogens is 1720 g/mol. The molecule has 0 spiro atoms. The van der Waals surface area contributed by atoms with Gasteiger partial charge in [-0.2, -0.15) is 0 Å². The van der Waals surface area contributed by atoms with Crippen LogP contribution in [0.15, 0.2) is 171 Å². The van der Waals surface area contributed by atoms with Gasteiger partial charge in [-0.25, -0.2) is 39.9 Å². The summed E-state index contributed by atoms with van der Waals surface area (Å²) >= 11 is 6.08. The molecule has 4 heterocycles. The van der Waals surface area contributed by atoms with Crippen LogP contribution in [0.5, 0.6) is 46.0 Å². The molecule has 31 nitrogen and oxygen atoms in total. The van der Waals surface area contributed by atoms with Crippen LogP contribution in [0.2, 0.25) is 5.15 Å². The second-order valence-electron chi connectivity index (χ2n) is 24.3. The van der Waals surface area contributed by atoms with E-state index in [1.165, 1.54) is 25.3 Å². The minimum Gasteiger partial charge on any atom is -0.662 e. The van der Waals surface area contributed by atoms with E-state index >= 15 is 0 Å². The molecule has 0 fully saturated rings. The van der Waals surface area contributed by atoms with Crippen LogP contribution in [0.1, 0.15) is 29.7 Å². The molecule has 0 amide bonds. The van der Waals surface area contributed by atoms with E-state index in [0.29, 0.717) is 191 Å². The van der Waals surface area contributed by atoms with Crippen LogP contribution >= 0.6 is 48.8 Å². The minimum atomic E-state index is -0.181. The number of nitrogens with one attached hydrogen (secondary N) is 3. The van der Waals surface area contributed by atoms with Crippen molar-refractivity contribution in [2.75, 3.05) is 184 Å². The van der Waals surface area contributed by atoms with Crippen molar-refractivity contribution in [3.8, 4) is 95.4 Å². The second kappa shape index (κ2) is 64.0. The molecule has 8 aromatic carbocycles. The van der Waals surface area contributed by atoms with Gasteiger partial charge in [0.15, 0.2) is 46.0 Å². The van der Waals surface area contributed by atoms with E-state index in [2.05, 4.69) is 84.4 Å². The van der Waals surface area contributed by atoms with Gasteiger partial charge >= 0.3 is 29.6 Å². The fourth-order valence-electron chi connectivity index (χ4n) is 10.4. The molecule has 126 heavy (non-hydrogen) atoms. The Hall–Kier alpha value is -11.8. The van der Waals surface area contributed by atoms with Crippen LogP contribution in [-0.4, -0.2) is 209 Å². The van der Waals surface area contributed by atoms with Crippen molar-refractivity contribution in [1.29, 1.82) is 0 Å². The Morgan fingerprint density at radius 2 is 0.563 bits per heavy atom. The molecule has 12 aromatic rings. The minimum absolute atomic E-state index is 0. The first kappa shape index (κ1) is 110. The number of carbonyl (C=O) groups is 1. The smallest absolute Gasteiger partial charge is 0.662 e. The topological polar surface area (TPSA) is 362 Å². The van der Waals surface area contributed by atoms with Gasteiger partial charge < -0.3 is 108 Å². The first-order valence-corrected chi connectivity index (χ1v) is 37.4. The van der Waals surface area contributed by atoms with Crippen LogP contribution in [0, 0.1) is 49.4 Å². The summed E-state index contributed by atoms with van der Waals surface area (Å²) in [6.07, 6.45) is 27.5. The van der Waals surface area contributed by atoms with Crippen LogP contribution in [-0.2, 0) is 47.6 Å². The van der Waals surface area contributed by atoms with Crippen molar-refractivity contribution in [3.05, 3.63) is 198 Å². The third-order valence-corrected chi connectivity index (χ3v) is 16.4. The number of hydrogen-bond donors (Lipinski definition) is 4. The number of carbonyl (C=O) groups excluding carboxylic acids is 1. The van der Waals surface area contributed by atoms with Gasteiger partial charge in [-0.05, 0) is 97.1 Å². The van der Waals surface area contributed by atoms with Gasteiger partial charge in [-0.3, -0.25) is 4.79 Å². The number of nitrogen functional groups attached to an aromatic ring is 1. The Balaban J connectivity index is 0.000000538. The van der Waals surface area contributed by atoms with Gasteiger partial charge in [0.1, 0.15) is 101 Å². The van der Waals surface area contributed by atoms with Gasteiger partial charge in [-0.15, -0.1) is 62.9 Å². The molecule has 12 rings (SSSR count). The summed E-state index contributed by atoms with van der Waals surface area (Å²) in [6.45, 7) is 6.79. The molecule has 0 saturated heterocycles. The molecule has 0 saturated carbocycles. The maximum Gasteiger partial charge on any atom is 1.00 e. The van der Waals surface area contributed by atoms with E-state index in [4.69, 9.17) is 129 Å². The summed E-state index contributed by atoms with van der Waals surface area (Å²) in [5.74, 6) is 17.0. The normalized spacial score (nSPS) is 9.83. The SMILES string of the molecule is C.C#Cc1cccc(N)c1.C#Cc1cccc(Nc2ncnc3cc(OCCOC)c(OCCOC)cc23)c1.C#Cc1cccc(Nc2ncnc3cc(OCCOC)c(OCCOC)cc23)c1.C#Cc1cccc(Nc2ncnc3cc(OCCOC)c(OCCOC)cc23)c1.COCCOc1cc2ncnc(Cl)c2cc1OCCOC.Cl.Cl.Cl.O=CO[O-].[Na+]. The number of benzene rings is 8. The summed E-state index contributed by atoms with van der Waals surface area (Å²) in [5, 5.41) is 21.8. The van der Waals surface area contributed by atoms with Crippen molar-refractivity contribution in [3.63, 3.8) is 0 Å². The largest absolute Gasteiger partial charge is 1.00 e. The predicted octanol–water partition coefficient (Wildman–Crippen LogP) is 11.1. The first-order chi connectivity index (χ1) is 59.2. The number of nitrogens with zero attached hydrogens (tertiary/aromatic N) is 8. The molecule has 664 valence electrons. The fraction of sp³-hybridized carbons (Fsp3) is 0.278.